The molecule has 31 heavy (non-hydrogen) atoms. The average molecular weight is 422 g/mol. The van der Waals surface area contributed by atoms with Gasteiger partial charge in [0, 0.05) is 38.5 Å². The van der Waals surface area contributed by atoms with E-state index in [1.807, 2.05) is 11.0 Å². The summed E-state index contributed by atoms with van der Waals surface area (Å²) in [5, 5.41) is 3.22. The maximum Gasteiger partial charge on any atom is 0.236 e. The summed E-state index contributed by atoms with van der Waals surface area (Å²) in [4.78, 5) is 29.7. The van der Waals surface area contributed by atoms with Gasteiger partial charge in [0.2, 0.25) is 11.8 Å². The van der Waals surface area contributed by atoms with Crippen LogP contribution in [-0.2, 0) is 22.6 Å². The van der Waals surface area contributed by atoms with Crippen LogP contribution in [0.2, 0.25) is 0 Å². The highest BCUT2D eigenvalue weighted by Gasteiger charge is 2.50. The minimum atomic E-state index is -0.461. The summed E-state index contributed by atoms with van der Waals surface area (Å²) in [6, 6.07) is 14.9. The number of nitrogens with one attached hydrogen (secondary N) is 1. The Bertz CT molecular complexity index is 993. The molecule has 2 amide bonds. The Balaban J connectivity index is 1.33. The summed E-state index contributed by atoms with van der Waals surface area (Å²) in [6.07, 6.45) is 3.14. The van der Waals surface area contributed by atoms with E-state index in [2.05, 4.69) is 28.4 Å². The smallest absolute Gasteiger partial charge is 0.236 e. The van der Waals surface area contributed by atoms with Crippen molar-refractivity contribution in [3.63, 3.8) is 0 Å². The molecule has 3 aliphatic heterocycles. The van der Waals surface area contributed by atoms with E-state index >= 15 is 0 Å². The Kier molecular flexibility index (Phi) is 5.26. The first kappa shape index (κ1) is 20.2. The van der Waals surface area contributed by atoms with Gasteiger partial charge < -0.3 is 10.2 Å². The molecule has 3 heterocycles. The number of hydrogen-bond acceptors (Lipinski definition) is 3. The lowest BCUT2D eigenvalue weighted by molar-refractivity contribution is -0.132. The fourth-order valence-corrected chi connectivity index (χ4v) is 5.55. The van der Waals surface area contributed by atoms with Crippen molar-refractivity contribution in [2.24, 2.45) is 0 Å². The SMILES string of the molecule is O=C1CCC[C@]2(CN(C(=O)CN3CCc4ccccc4C3)C[C@H]2c2ccc(F)cc2)N1. The van der Waals surface area contributed by atoms with E-state index in [4.69, 9.17) is 0 Å². The molecule has 2 aromatic carbocycles. The normalized spacial score (nSPS) is 26.0. The summed E-state index contributed by atoms with van der Waals surface area (Å²) in [7, 11) is 0. The molecule has 2 fully saturated rings. The zero-order valence-corrected chi connectivity index (χ0v) is 17.6. The van der Waals surface area contributed by atoms with Gasteiger partial charge in [-0.05, 0) is 48.1 Å². The lowest BCUT2D eigenvalue weighted by Gasteiger charge is -2.39. The highest BCUT2D eigenvalue weighted by molar-refractivity contribution is 5.81. The number of amides is 2. The van der Waals surface area contributed by atoms with Crippen molar-refractivity contribution in [2.45, 2.75) is 43.7 Å². The number of rotatable bonds is 3. The quantitative estimate of drug-likeness (QED) is 0.829. The van der Waals surface area contributed by atoms with Crippen molar-refractivity contribution in [3.05, 3.63) is 71.0 Å². The molecule has 6 heteroatoms. The Morgan fingerprint density at radius 3 is 2.65 bits per heavy atom. The maximum absolute atomic E-state index is 13.5. The number of hydrogen-bond donors (Lipinski definition) is 1. The average Bonchev–Trinajstić information content (AvgIpc) is 3.12. The maximum atomic E-state index is 13.5. The summed E-state index contributed by atoms with van der Waals surface area (Å²) < 4.78 is 13.5. The van der Waals surface area contributed by atoms with Gasteiger partial charge in [0.05, 0.1) is 12.1 Å². The summed E-state index contributed by atoms with van der Waals surface area (Å²) in [5.74, 6) is -0.159. The monoisotopic (exact) mass is 421 g/mol. The van der Waals surface area contributed by atoms with E-state index in [-0.39, 0.29) is 23.5 Å². The first-order valence-corrected chi connectivity index (χ1v) is 11.2. The highest BCUT2D eigenvalue weighted by atomic mass is 19.1. The molecule has 2 atom stereocenters. The molecule has 5 nitrogen and oxygen atoms in total. The number of carbonyl (C=O) groups is 2. The third-order valence-electron chi connectivity index (χ3n) is 7.15. The molecule has 3 aliphatic rings. The first-order valence-electron chi connectivity index (χ1n) is 11.2. The lowest BCUT2D eigenvalue weighted by Crippen LogP contribution is -2.56. The molecule has 1 spiro atoms. The van der Waals surface area contributed by atoms with Crippen LogP contribution in [0, 0.1) is 5.82 Å². The van der Waals surface area contributed by atoms with Crippen molar-refractivity contribution in [2.75, 3.05) is 26.2 Å². The fraction of sp³-hybridized carbons (Fsp3) is 0.440. The van der Waals surface area contributed by atoms with E-state index in [1.54, 1.807) is 12.1 Å². The van der Waals surface area contributed by atoms with Crippen LogP contribution in [0.3, 0.4) is 0 Å². The summed E-state index contributed by atoms with van der Waals surface area (Å²) >= 11 is 0. The number of carbonyl (C=O) groups excluding carboxylic acids is 2. The van der Waals surface area contributed by atoms with E-state index in [1.165, 1.54) is 23.3 Å². The second-order valence-corrected chi connectivity index (χ2v) is 9.17. The molecule has 0 saturated carbocycles. The van der Waals surface area contributed by atoms with Crippen LogP contribution in [0.1, 0.15) is 41.9 Å². The van der Waals surface area contributed by atoms with Gasteiger partial charge in [0.1, 0.15) is 5.82 Å². The molecule has 162 valence electrons. The highest BCUT2D eigenvalue weighted by Crippen LogP contribution is 2.41. The minimum Gasteiger partial charge on any atom is -0.348 e. The van der Waals surface area contributed by atoms with Crippen molar-refractivity contribution >= 4 is 11.8 Å². The first-order chi connectivity index (χ1) is 15.0. The van der Waals surface area contributed by atoms with Crippen LogP contribution in [0.25, 0.3) is 0 Å². The topological polar surface area (TPSA) is 52.7 Å². The predicted octanol–water partition coefficient (Wildman–Crippen LogP) is 2.85. The molecule has 0 bridgehead atoms. The van der Waals surface area contributed by atoms with Gasteiger partial charge in [-0.25, -0.2) is 4.39 Å². The molecule has 0 aliphatic carbocycles. The van der Waals surface area contributed by atoms with Crippen LogP contribution in [-0.4, -0.2) is 53.3 Å². The molecule has 2 saturated heterocycles. The Morgan fingerprint density at radius 2 is 1.87 bits per heavy atom. The third-order valence-corrected chi connectivity index (χ3v) is 7.15. The number of fused-ring (bicyclic) bond motifs is 1. The zero-order chi connectivity index (χ0) is 21.4. The summed E-state index contributed by atoms with van der Waals surface area (Å²) in [6.45, 7) is 3.12. The standard InChI is InChI=1S/C25H28FN3O2/c26-21-9-7-19(8-10-21)22-15-29(17-25(22)12-3-6-23(30)27-25)24(31)16-28-13-11-18-4-1-2-5-20(18)14-28/h1-2,4-5,7-10,22H,3,6,11-17H2,(H,27,30)/t22-,25+/m0/s1. The fourth-order valence-electron chi connectivity index (χ4n) is 5.55. The molecule has 0 radical (unpaired) electrons. The van der Waals surface area contributed by atoms with Crippen molar-refractivity contribution in [1.29, 1.82) is 0 Å². The second kappa shape index (κ2) is 8.08. The largest absolute Gasteiger partial charge is 0.348 e. The number of piperidine rings is 1. The predicted molar refractivity (Wildman–Crippen MR) is 116 cm³/mol. The molecule has 2 aromatic rings. The van der Waals surface area contributed by atoms with E-state index in [9.17, 15) is 14.0 Å². The van der Waals surface area contributed by atoms with Crippen LogP contribution in [0.4, 0.5) is 4.39 Å². The number of benzene rings is 2. The van der Waals surface area contributed by atoms with Gasteiger partial charge in [-0.2, -0.15) is 0 Å². The second-order valence-electron chi connectivity index (χ2n) is 9.17. The molecular weight excluding hydrogens is 393 g/mol. The third kappa shape index (κ3) is 3.97. The summed E-state index contributed by atoms with van der Waals surface area (Å²) in [5.41, 5.74) is 3.18. The van der Waals surface area contributed by atoms with Crippen molar-refractivity contribution in [3.8, 4) is 0 Å². The van der Waals surface area contributed by atoms with Crippen molar-refractivity contribution in [1.82, 2.24) is 15.1 Å². The van der Waals surface area contributed by atoms with E-state index in [0.717, 1.165) is 37.9 Å². The molecule has 0 aromatic heterocycles. The Labute approximate surface area is 182 Å². The van der Waals surface area contributed by atoms with Gasteiger partial charge in [-0.3, -0.25) is 14.5 Å². The number of likely N-dealkylation sites (tertiary alicyclic amines) is 1. The van der Waals surface area contributed by atoms with E-state index < -0.39 is 5.54 Å². The van der Waals surface area contributed by atoms with E-state index in [0.29, 0.717) is 26.1 Å². The van der Waals surface area contributed by atoms with Crippen LogP contribution in [0.15, 0.2) is 48.5 Å². The van der Waals surface area contributed by atoms with Gasteiger partial charge in [-0.15, -0.1) is 0 Å². The molecule has 5 rings (SSSR count). The lowest BCUT2D eigenvalue weighted by atomic mass is 9.76. The minimum absolute atomic E-state index is 0.0246. The molecule has 1 N–H and O–H groups in total. The van der Waals surface area contributed by atoms with Gasteiger partial charge >= 0.3 is 0 Å². The van der Waals surface area contributed by atoms with Gasteiger partial charge in [-0.1, -0.05) is 36.4 Å². The van der Waals surface area contributed by atoms with Gasteiger partial charge in [0.25, 0.3) is 0 Å². The Morgan fingerprint density at radius 1 is 1.10 bits per heavy atom. The van der Waals surface area contributed by atoms with Gasteiger partial charge in [0.15, 0.2) is 0 Å². The van der Waals surface area contributed by atoms with Crippen molar-refractivity contribution < 1.29 is 14.0 Å². The van der Waals surface area contributed by atoms with Crippen LogP contribution in [0.5, 0.6) is 0 Å². The molecular formula is C25H28FN3O2. The van der Waals surface area contributed by atoms with Crippen LogP contribution < -0.4 is 5.32 Å². The number of halogens is 1. The zero-order valence-electron chi connectivity index (χ0n) is 17.6. The molecule has 0 unspecified atom stereocenters. The van der Waals surface area contributed by atoms with Crippen LogP contribution >= 0.6 is 0 Å². The Hall–Kier alpha value is -2.73. The number of nitrogens with zero attached hydrogens (tertiary/aromatic N) is 2.